The average Bonchev–Trinajstić information content (AvgIpc) is 3.14. The Bertz CT molecular complexity index is 356. The van der Waals surface area contributed by atoms with Crippen LogP contribution < -0.4 is 5.32 Å². The Kier molecular flexibility index (Phi) is 4.47. The summed E-state index contributed by atoms with van der Waals surface area (Å²) in [4.78, 5) is 0. The molecule has 1 nitrogen and oxygen atoms in total. The summed E-state index contributed by atoms with van der Waals surface area (Å²) >= 11 is 2.36. The van der Waals surface area contributed by atoms with Crippen LogP contribution in [0.15, 0.2) is 24.3 Å². The van der Waals surface area contributed by atoms with Crippen LogP contribution in [0.2, 0.25) is 0 Å². The third-order valence-corrected chi connectivity index (χ3v) is 4.51. The van der Waals surface area contributed by atoms with Gasteiger partial charge in [0.2, 0.25) is 0 Å². The lowest BCUT2D eigenvalue weighted by molar-refractivity contribution is 0.289. The van der Waals surface area contributed by atoms with Crippen molar-refractivity contribution in [1.29, 1.82) is 0 Å². The Labute approximate surface area is 119 Å². The lowest BCUT2D eigenvalue weighted by Gasteiger charge is -2.29. The number of hydrogen-bond acceptors (Lipinski definition) is 1. The molecule has 1 saturated carbocycles. The van der Waals surface area contributed by atoms with Crippen molar-refractivity contribution in [3.63, 3.8) is 0 Å². The monoisotopic (exact) mass is 343 g/mol. The molecule has 1 atom stereocenters. The highest BCUT2D eigenvalue weighted by atomic mass is 127. The molecule has 1 unspecified atom stereocenters. The molecule has 0 heterocycles. The molecule has 0 aromatic heterocycles. The standard InChI is InChI=1S/C15H22IN/c1-3-15(2,11-17-14-8-9-14)10-12-4-6-13(16)7-5-12/h4-7,14,17H,3,8-11H2,1-2H3. The van der Waals surface area contributed by atoms with E-state index in [4.69, 9.17) is 0 Å². The fourth-order valence-electron chi connectivity index (χ4n) is 2.09. The van der Waals surface area contributed by atoms with Crippen molar-refractivity contribution in [2.45, 2.75) is 45.6 Å². The van der Waals surface area contributed by atoms with E-state index in [0.717, 1.165) is 12.6 Å². The Balaban J connectivity index is 1.94. The normalized spacial score (nSPS) is 19.0. The fourth-order valence-corrected chi connectivity index (χ4v) is 2.45. The van der Waals surface area contributed by atoms with Gasteiger partial charge in [0, 0.05) is 16.2 Å². The Morgan fingerprint density at radius 2 is 1.94 bits per heavy atom. The summed E-state index contributed by atoms with van der Waals surface area (Å²) in [7, 11) is 0. The van der Waals surface area contributed by atoms with Crippen molar-refractivity contribution >= 4 is 22.6 Å². The van der Waals surface area contributed by atoms with Crippen LogP contribution in [0.3, 0.4) is 0 Å². The van der Waals surface area contributed by atoms with E-state index >= 15 is 0 Å². The van der Waals surface area contributed by atoms with E-state index in [2.05, 4.69) is 66.0 Å². The van der Waals surface area contributed by atoms with Crippen LogP contribution in [0.25, 0.3) is 0 Å². The van der Waals surface area contributed by atoms with Gasteiger partial charge in [0.15, 0.2) is 0 Å². The van der Waals surface area contributed by atoms with Gasteiger partial charge in [-0.05, 0) is 71.4 Å². The number of nitrogens with one attached hydrogen (secondary N) is 1. The predicted octanol–water partition coefficient (Wildman–Crippen LogP) is 4.00. The van der Waals surface area contributed by atoms with Crippen LogP contribution in [-0.4, -0.2) is 12.6 Å². The maximum Gasteiger partial charge on any atom is 0.0130 e. The molecule has 94 valence electrons. The predicted molar refractivity (Wildman–Crippen MR) is 82.3 cm³/mol. The smallest absolute Gasteiger partial charge is 0.0130 e. The molecule has 17 heavy (non-hydrogen) atoms. The molecule has 1 fully saturated rings. The minimum absolute atomic E-state index is 0.398. The zero-order chi connectivity index (χ0) is 12.3. The Morgan fingerprint density at radius 3 is 2.47 bits per heavy atom. The van der Waals surface area contributed by atoms with Gasteiger partial charge in [-0.1, -0.05) is 26.0 Å². The maximum absolute atomic E-state index is 3.68. The van der Waals surface area contributed by atoms with Gasteiger partial charge in [-0.15, -0.1) is 0 Å². The van der Waals surface area contributed by atoms with Gasteiger partial charge in [-0.2, -0.15) is 0 Å². The van der Waals surface area contributed by atoms with Crippen LogP contribution in [0, 0.1) is 8.99 Å². The second-order valence-corrected chi connectivity index (χ2v) is 6.87. The highest BCUT2D eigenvalue weighted by Crippen LogP contribution is 2.28. The molecule has 0 radical (unpaired) electrons. The maximum atomic E-state index is 3.68. The molecule has 1 aromatic rings. The molecule has 0 aliphatic heterocycles. The molecule has 0 bridgehead atoms. The minimum atomic E-state index is 0.398. The molecule has 0 saturated heterocycles. The second kappa shape index (κ2) is 5.70. The summed E-state index contributed by atoms with van der Waals surface area (Å²) < 4.78 is 1.32. The first kappa shape index (κ1) is 13.3. The van der Waals surface area contributed by atoms with Gasteiger partial charge in [0.25, 0.3) is 0 Å². The van der Waals surface area contributed by atoms with Crippen molar-refractivity contribution in [1.82, 2.24) is 5.32 Å². The van der Waals surface area contributed by atoms with Crippen LogP contribution in [0.1, 0.15) is 38.7 Å². The molecule has 0 amide bonds. The zero-order valence-electron chi connectivity index (χ0n) is 10.8. The van der Waals surface area contributed by atoms with E-state index in [9.17, 15) is 0 Å². The summed E-state index contributed by atoms with van der Waals surface area (Å²) in [5.41, 5.74) is 1.86. The van der Waals surface area contributed by atoms with Crippen molar-refractivity contribution in [2.75, 3.05) is 6.54 Å². The second-order valence-electron chi connectivity index (χ2n) is 5.62. The van der Waals surface area contributed by atoms with Gasteiger partial charge in [0.1, 0.15) is 0 Å². The van der Waals surface area contributed by atoms with Gasteiger partial charge in [-0.25, -0.2) is 0 Å². The quantitative estimate of drug-likeness (QED) is 0.770. The van der Waals surface area contributed by atoms with Crippen molar-refractivity contribution in [3.05, 3.63) is 33.4 Å². The van der Waals surface area contributed by atoms with Crippen molar-refractivity contribution < 1.29 is 0 Å². The molecule has 2 rings (SSSR count). The fraction of sp³-hybridized carbons (Fsp3) is 0.600. The highest BCUT2D eigenvalue weighted by Gasteiger charge is 2.27. The van der Waals surface area contributed by atoms with E-state index in [0.29, 0.717) is 5.41 Å². The van der Waals surface area contributed by atoms with Gasteiger partial charge < -0.3 is 5.32 Å². The molecule has 1 aromatic carbocycles. The van der Waals surface area contributed by atoms with E-state index in [1.54, 1.807) is 0 Å². The SMILES string of the molecule is CCC(C)(CNC1CC1)Cc1ccc(I)cc1. The Hall–Kier alpha value is -0.0900. The van der Waals surface area contributed by atoms with E-state index in [-0.39, 0.29) is 0 Å². The summed E-state index contributed by atoms with van der Waals surface area (Å²) in [6, 6.07) is 9.78. The van der Waals surface area contributed by atoms with Crippen LogP contribution in [0.4, 0.5) is 0 Å². The van der Waals surface area contributed by atoms with Gasteiger partial charge in [0.05, 0.1) is 0 Å². The molecule has 2 heteroatoms. The largest absolute Gasteiger partial charge is 0.313 e. The summed E-state index contributed by atoms with van der Waals surface area (Å²) in [5.74, 6) is 0. The third kappa shape index (κ3) is 4.25. The molecule has 1 N–H and O–H groups in total. The van der Waals surface area contributed by atoms with Gasteiger partial charge >= 0.3 is 0 Å². The molecule has 0 spiro atoms. The number of benzene rings is 1. The lowest BCUT2D eigenvalue weighted by Crippen LogP contribution is -2.34. The topological polar surface area (TPSA) is 12.0 Å². The average molecular weight is 343 g/mol. The highest BCUT2D eigenvalue weighted by molar-refractivity contribution is 14.1. The van der Waals surface area contributed by atoms with Crippen LogP contribution in [-0.2, 0) is 6.42 Å². The summed E-state index contributed by atoms with van der Waals surface area (Å²) in [6.07, 6.45) is 5.17. The summed E-state index contributed by atoms with van der Waals surface area (Å²) in [6.45, 7) is 5.86. The van der Waals surface area contributed by atoms with Gasteiger partial charge in [-0.3, -0.25) is 0 Å². The first-order chi connectivity index (χ1) is 8.11. The van der Waals surface area contributed by atoms with Crippen LogP contribution in [0.5, 0.6) is 0 Å². The molecule has 1 aliphatic carbocycles. The van der Waals surface area contributed by atoms with Crippen LogP contribution >= 0.6 is 22.6 Å². The molecule has 1 aliphatic rings. The molecular weight excluding hydrogens is 321 g/mol. The third-order valence-electron chi connectivity index (χ3n) is 3.79. The zero-order valence-corrected chi connectivity index (χ0v) is 13.0. The number of hydrogen-bond donors (Lipinski definition) is 1. The van der Waals surface area contributed by atoms with E-state index in [1.807, 2.05) is 0 Å². The number of halogens is 1. The lowest BCUT2D eigenvalue weighted by atomic mass is 9.81. The first-order valence-electron chi connectivity index (χ1n) is 6.59. The van der Waals surface area contributed by atoms with E-state index in [1.165, 1.54) is 34.8 Å². The Morgan fingerprint density at radius 1 is 1.29 bits per heavy atom. The summed E-state index contributed by atoms with van der Waals surface area (Å²) in [5, 5.41) is 3.68. The van der Waals surface area contributed by atoms with Crippen molar-refractivity contribution in [2.24, 2.45) is 5.41 Å². The van der Waals surface area contributed by atoms with Crippen molar-refractivity contribution in [3.8, 4) is 0 Å². The van der Waals surface area contributed by atoms with E-state index < -0.39 is 0 Å². The molecular formula is C15H22IN. The minimum Gasteiger partial charge on any atom is -0.313 e. The first-order valence-corrected chi connectivity index (χ1v) is 7.67. The number of rotatable bonds is 6.